The molecule has 6 heteroatoms. The van der Waals surface area contributed by atoms with Crippen LogP contribution < -0.4 is 5.32 Å². The van der Waals surface area contributed by atoms with Gasteiger partial charge in [0.1, 0.15) is 5.69 Å². The van der Waals surface area contributed by atoms with Crippen LogP contribution in [0, 0.1) is 0 Å². The van der Waals surface area contributed by atoms with E-state index in [1.807, 2.05) is 25.2 Å². The fraction of sp³-hybridized carbons (Fsp3) is 0.0625. The van der Waals surface area contributed by atoms with Gasteiger partial charge in [-0.05, 0) is 36.4 Å². The van der Waals surface area contributed by atoms with Gasteiger partial charge in [-0.15, -0.1) is 0 Å². The van der Waals surface area contributed by atoms with Crippen molar-refractivity contribution in [2.75, 3.05) is 5.32 Å². The normalized spacial score (nSPS) is 10.9. The van der Waals surface area contributed by atoms with Gasteiger partial charge in [-0.2, -0.15) is 0 Å². The second kappa shape index (κ2) is 5.84. The Balaban J connectivity index is 1.95. The van der Waals surface area contributed by atoms with E-state index < -0.39 is 0 Å². The molecule has 0 radical (unpaired) electrons. The number of hydrogen-bond donors (Lipinski definition) is 1. The number of rotatable bonds is 2. The zero-order valence-corrected chi connectivity index (χ0v) is 13.8. The van der Waals surface area contributed by atoms with Crippen LogP contribution in [0.4, 0.5) is 5.69 Å². The molecule has 0 atom stereocenters. The number of nitrogens with zero attached hydrogens (tertiary/aromatic N) is 1. The summed E-state index contributed by atoms with van der Waals surface area (Å²) in [5.74, 6) is -0.229. The Morgan fingerprint density at radius 2 is 1.77 bits per heavy atom. The van der Waals surface area contributed by atoms with Crippen molar-refractivity contribution in [3.05, 3.63) is 63.2 Å². The van der Waals surface area contributed by atoms with E-state index in [9.17, 15) is 4.79 Å². The lowest BCUT2D eigenvalue weighted by molar-refractivity contribution is 0.102. The summed E-state index contributed by atoms with van der Waals surface area (Å²) in [6.07, 6.45) is 0. The first-order chi connectivity index (χ1) is 10.5. The predicted molar refractivity (Wildman–Crippen MR) is 92.3 cm³/mol. The van der Waals surface area contributed by atoms with E-state index in [0.29, 0.717) is 26.4 Å². The molecule has 1 aromatic heterocycles. The standard InChI is InChI=1S/C16H11Cl3N2O/c1-21-14-7-10(17)3-2-9(14)6-15(21)16(22)20-11-4-5-12(18)13(19)8-11/h2-8H,1H3,(H,20,22). The van der Waals surface area contributed by atoms with E-state index in [2.05, 4.69) is 5.32 Å². The van der Waals surface area contributed by atoms with Gasteiger partial charge in [0, 0.05) is 28.7 Å². The van der Waals surface area contributed by atoms with Gasteiger partial charge in [0.25, 0.3) is 5.91 Å². The average Bonchev–Trinajstić information content (AvgIpc) is 2.80. The first-order valence-electron chi connectivity index (χ1n) is 6.47. The van der Waals surface area contributed by atoms with E-state index in [1.165, 1.54) is 0 Å². The highest BCUT2D eigenvalue weighted by molar-refractivity contribution is 6.42. The highest BCUT2D eigenvalue weighted by atomic mass is 35.5. The number of benzene rings is 2. The number of nitrogens with one attached hydrogen (secondary N) is 1. The number of carbonyl (C=O) groups is 1. The number of hydrogen-bond acceptors (Lipinski definition) is 1. The summed E-state index contributed by atoms with van der Waals surface area (Å²) in [5.41, 5.74) is 2.01. The molecule has 2 aromatic carbocycles. The van der Waals surface area contributed by atoms with Gasteiger partial charge >= 0.3 is 0 Å². The number of carbonyl (C=O) groups excluding carboxylic acids is 1. The lowest BCUT2D eigenvalue weighted by Crippen LogP contribution is -2.15. The second-order valence-corrected chi connectivity index (χ2v) is 6.13. The van der Waals surface area contributed by atoms with E-state index in [4.69, 9.17) is 34.8 Å². The molecule has 3 aromatic rings. The molecule has 22 heavy (non-hydrogen) atoms. The minimum Gasteiger partial charge on any atom is -0.340 e. The molecule has 112 valence electrons. The maximum atomic E-state index is 12.4. The highest BCUT2D eigenvalue weighted by Gasteiger charge is 2.14. The molecule has 1 amide bonds. The van der Waals surface area contributed by atoms with Crippen LogP contribution in [-0.4, -0.2) is 10.5 Å². The van der Waals surface area contributed by atoms with Crippen molar-refractivity contribution in [1.82, 2.24) is 4.57 Å². The molecule has 3 rings (SSSR count). The van der Waals surface area contributed by atoms with Crippen LogP contribution in [0.15, 0.2) is 42.5 Å². The summed E-state index contributed by atoms with van der Waals surface area (Å²) >= 11 is 17.8. The number of aryl methyl sites for hydroxylation is 1. The van der Waals surface area contributed by atoms with Gasteiger partial charge in [0.2, 0.25) is 0 Å². The highest BCUT2D eigenvalue weighted by Crippen LogP contribution is 2.26. The monoisotopic (exact) mass is 352 g/mol. The third-order valence-electron chi connectivity index (χ3n) is 3.42. The van der Waals surface area contributed by atoms with Crippen molar-refractivity contribution in [1.29, 1.82) is 0 Å². The van der Waals surface area contributed by atoms with Crippen LogP contribution in [0.1, 0.15) is 10.5 Å². The Morgan fingerprint density at radius 3 is 2.50 bits per heavy atom. The van der Waals surface area contributed by atoms with Crippen molar-refractivity contribution in [3.8, 4) is 0 Å². The summed E-state index contributed by atoms with van der Waals surface area (Å²) < 4.78 is 1.80. The first kappa shape index (κ1) is 15.2. The predicted octanol–water partition coefficient (Wildman–Crippen LogP) is 5.39. The summed E-state index contributed by atoms with van der Waals surface area (Å²) in [6.45, 7) is 0. The van der Waals surface area contributed by atoms with Crippen molar-refractivity contribution in [2.45, 2.75) is 0 Å². The van der Waals surface area contributed by atoms with E-state index in [0.717, 1.165) is 10.9 Å². The molecule has 0 aliphatic heterocycles. The smallest absolute Gasteiger partial charge is 0.272 e. The zero-order chi connectivity index (χ0) is 15.9. The van der Waals surface area contributed by atoms with Gasteiger partial charge in [0.05, 0.1) is 10.0 Å². The van der Waals surface area contributed by atoms with Crippen molar-refractivity contribution in [2.24, 2.45) is 7.05 Å². The van der Waals surface area contributed by atoms with Crippen molar-refractivity contribution >= 4 is 57.3 Å². The fourth-order valence-electron chi connectivity index (χ4n) is 2.29. The molecule has 0 unspecified atom stereocenters. The van der Waals surface area contributed by atoms with Crippen LogP contribution in [-0.2, 0) is 7.05 Å². The van der Waals surface area contributed by atoms with Crippen molar-refractivity contribution in [3.63, 3.8) is 0 Å². The second-order valence-electron chi connectivity index (χ2n) is 4.87. The van der Waals surface area contributed by atoms with Crippen molar-refractivity contribution < 1.29 is 4.79 Å². The van der Waals surface area contributed by atoms with Gasteiger partial charge in [0.15, 0.2) is 0 Å². The van der Waals surface area contributed by atoms with Crippen LogP contribution in [0.25, 0.3) is 10.9 Å². The maximum absolute atomic E-state index is 12.4. The topological polar surface area (TPSA) is 34.0 Å². The van der Waals surface area contributed by atoms with Crippen LogP contribution >= 0.6 is 34.8 Å². The summed E-state index contributed by atoms with van der Waals surface area (Å²) in [7, 11) is 1.82. The zero-order valence-electron chi connectivity index (χ0n) is 11.5. The molecule has 0 fully saturated rings. The fourth-order valence-corrected chi connectivity index (χ4v) is 2.75. The van der Waals surface area contributed by atoms with Crippen LogP contribution in [0.2, 0.25) is 15.1 Å². The largest absolute Gasteiger partial charge is 0.340 e. The van der Waals surface area contributed by atoms with Gasteiger partial charge in [-0.3, -0.25) is 4.79 Å². The molecule has 0 spiro atoms. The molecule has 1 N–H and O–H groups in total. The molecule has 0 aliphatic rings. The Hall–Kier alpha value is -1.68. The molecular formula is C16H11Cl3N2O. The molecule has 0 aliphatic carbocycles. The van der Waals surface area contributed by atoms with E-state index >= 15 is 0 Å². The Morgan fingerprint density at radius 1 is 1.00 bits per heavy atom. The van der Waals surface area contributed by atoms with E-state index in [-0.39, 0.29) is 5.91 Å². The molecular weight excluding hydrogens is 343 g/mol. The summed E-state index contributed by atoms with van der Waals surface area (Å²) in [4.78, 5) is 12.4. The minimum absolute atomic E-state index is 0.229. The summed E-state index contributed by atoms with van der Waals surface area (Å²) in [6, 6.07) is 12.3. The molecule has 3 nitrogen and oxygen atoms in total. The van der Waals surface area contributed by atoms with Crippen LogP contribution in [0.3, 0.4) is 0 Å². The quantitative estimate of drug-likeness (QED) is 0.658. The van der Waals surface area contributed by atoms with Gasteiger partial charge in [-0.25, -0.2) is 0 Å². The lowest BCUT2D eigenvalue weighted by atomic mass is 10.2. The average molecular weight is 354 g/mol. The number of halogens is 3. The third kappa shape index (κ3) is 2.80. The molecule has 1 heterocycles. The number of amides is 1. The lowest BCUT2D eigenvalue weighted by Gasteiger charge is -2.07. The molecule has 0 bridgehead atoms. The molecule has 0 saturated heterocycles. The first-order valence-corrected chi connectivity index (χ1v) is 7.60. The summed E-state index contributed by atoms with van der Waals surface area (Å²) in [5, 5.41) is 5.22. The SMILES string of the molecule is Cn1c(C(=O)Nc2ccc(Cl)c(Cl)c2)cc2ccc(Cl)cc21. The Kier molecular flexibility index (Phi) is 4.04. The number of fused-ring (bicyclic) bond motifs is 1. The number of aromatic nitrogens is 1. The van der Waals surface area contributed by atoms with E-state index in [1.54, 1.807) is 28.8 Å². The van der Waals surface area contributed by atoms with Gasteiger partial charge in [-0.1, -0.05) is 40.9 Å². The molecule has 0 saturated carbocycles. The Labute approximate surface area is 142 Å². The Bertz CT molecular complexity index is 886. The van der Waals surface area contributed by atoms with Crippen LogP contribution in [0.5, 0.6) is 0 Å². The maximum Gasteiger partial charge on any atom is 0.272 e. The van der Waals surface area contributed by atoms with Gasteiger partial charge < -0.3 is 9.88 Å². The minimum atomic E-state index is -0.229. The number of anilines is 1. The third-order valence-corrected chi connectivity index (χ3v) is 4.39.